The zero-order valence-electron chi connectivity index (χ0n) is 42.2. The molecule has 0 bridgehead atoms. The number of esters is 3. The third-order valence-corrected chi connectivity index (χ3v) is 20.2. The van der Waals surface area contributed by atoms with Gasteiger partial charge < -0.3 is 14.2 Å². The second-order valence-electron chi connectivity index (χ2n) is 21.6. The molecular weight excluding hydrogens is 937 g/mol. The molecule has 0 radical (unpaired) electrons. The van der Waals surface area contributed by atoms with Gasteiger partial charge in [0.25, 0.3) is 20.0 Å². The predicted molar refractivity (Wildman–Crippen MR) is 274 cm³/mol. The van der Waals surface area contributed by atoms with Crippen LogP contribution in [0.1, 0.15) is 120 Å². The zero-order chi connectivity index (χ0) is 50.7. The van der Waals surface area contributed by atoms with Gasteiger partial charge in [-0.15, -0.1) is 0 Å². The SMILES string of the molecule is COC(=O)CC[C@@H](C)[C@H]1CC[C@H]2[C@@H]3CC[C@@H]4C[C@H](OC(=O)CCc5ccc(NS(=O)(=O)c6ccc(C)cc6)cc5)CC[C@]4(C)[C@H]3C[C@H](OC(=O)CCc3ccc(NS(=O)(=O)c4ccc(C)cc4)cc3)[C@]12C. The lowest BCUT2D eigenvalue weighted by molar-refractivity contribution is -0.199. The molecule has 4 aromatic carbocycles. The Labute approximate surface area is 421 Å². The summed E-state index contributed by atoms with van der Waals surface area (Å²) in [6.07, 6.45) is 9.52. The Hall–Kier alpha value is -5.21. The van der Waals surface area contributed by atoms with Crippen molar-refractivity contribution in [3.63, 3.8) is 0 Å². The number of benzene rings is 4. The summed E-state index contributed by atoms with van der Waals surface area (Å²) in [4.78, 5) is 40.1. The first-order valence-corrected chi connectivity index (χ1v) is 28.6. The van der Waals surface area contributed by atoms with Crippen LogP contribution in [0.2, 0.25) is 0 Å². The second-order valence-corrected chi connectivity index (χ2v) is 25.0. The molecule has 0 unspecified atom stereocenters. The van der Waals surface area contributed by atoms with E-state index in [-0.39, 0.29) is 75.4 Å². The summed E-state index contributed by atoms with van der Waals surface area (Å²) in [6, 6.07) is 27.6. The molecule has 2 N–H and O–H groups in total. The molecule has 0 heterocycles. The fourth-order valence-corrected chi connectivity index (χ4v) is 15.5. The molecule has 14 heteroatoms. The van der Waals surface area contributed by atoms with E-state index in [1.807, 2.05) is 38.1 Å². The van der Waals surface area contributed by atoms with Crippen LogP contribution in [0.25, 0.3) is 0 Å². The highest BCUT2D eigenvalue weighted by Crippen LogP contribution is 2.69. The molecule has 10 atom stereocenters. The number of ether oxygens (including phenoxy) is 3. The Morgan fingerprint density at radius 3 is 1.66 bits per heavy atom. The minimum absolute atomic E-state index is 0.00215. The number of methoxy groups -OCH3 is 1. The molecule has 71 heavy (non-hydrogen) atoms. The number of carbonyl (C=O) groups excluding carboxylic acids is 3. The molecule has 12 nitrogen and oxygen atoms in total. The summed E-state index contributed by atoms with van der Waals surface area (Å²) in [7, 11) is -6.04. The maximum atomic E-state index is 14.1. The van der Waals surface area contributed by atoms with Crippen molar-refractivity contribution in [2.75, 3.05) is 16.6 Å². The van der Waals surface area contributed by atoms with E-state index >= 15 is 0 Å². The van der Waals surface area contributed by atoms with Crippen LogP contribution in [-0.2, 0) is 61.5 Å². The van der Waals surface area contributed by atoms with E-state index < -0.39 is 20.0 Å². The molecule has 4 fully saturated rings. The van der Waals surface area contributed by atoms with Gasteiger partial charge in [0, 0.05) is 36.1 Å². The van der Waals surface area contributed by atoms with Gasteiger partial charge in [-0.2, -0.15) is 0 Å². The van der Waals surface area contributed by atoms with Gasteiger partial charge in [-0.25, -0.2) is 16.8 Å². The van der Waals surface area contributed by atoms with Crippen molar-refractivity contribution in [3.8, 4) is 0 Å². The second kappa shape index (κ2) is 21.5. The lowest BCUT2D eigenvalue weighted by Gasteiger charge is -2.62. The van der Waals surface area contributed by atoms with E-state index in [2.05, 4.69) is 30.2 Å². The predicted octanol–water partition coefficient (Wildman–Crippen LogP) is 11.2. The van der Waals surface area contributed by atoms with E-state index in [9.17, 15) is 31.2 Å². The quantitative estimate of drug-likeness (QED) is 0.0722. The van der Waals surface area contributed by atoms with Gasteiger partial charge in [-0.1, -0.05) is 80.4 Å². The third kappa shape index (κ3) is 11.7. The van der Waals surface area contributed by atoms with Gasteiger partial charge in [0.1, 0.15) is 12.2 Å². The van der Waals surface area contributed by atoms with Crippen LogP contribution in [-0.4, -0.2) is 54.1 Å². The van der Waals surface area contributed by atoms with Crippen LogP contribution in [0, 0.1) is 60.2 Å². The fourth-order valence-electron chi connectivity index (χ4n) is 13.3. The summed E-state index contributed by atoms with van der Waals surface area (Å²) in [6.45, 7) is 10.9. The van der Waals surface area contributed by atoms with Gasteiger partial charge >= 0.3 is 17.9 Å². The normalized spacial score (nSPS) is 27.5. The molecule has 8 rings (SSSR count). The zero-order valence-corrected chi connectivity index (χ0v) is 43.8. The first kappa shape index (κ1) is 52.1. The van der Waals surface area contributed by atoms with Crippen LogP contribution in [0.4, 0.5) is 11.4 Å². The summed E-state index contributed by atoms with van der Waals surface area (Å²) in [5.74, 6) is 1.42. The number of anilines is 2. The van der Waals surface area contributed by atoms with Crippen LogP contribution < -0.4 is 9.44 Å². The average Bonchev–Trinajstić information content (AvgIpc) is 3.71. The third-order valence-electron chi connectivity index (χ3n) is 17.4. The van der Waals surface area contributed by atoms with Crippen LogP contribution in [0.5, 0.6) is 0 Å². The van der Waals surface area contributed by atoms with Crippen molar-refractivity contribution >= 4 is 49.3 Å². The molecule has 0 aliphatic heterocycles. The molecule has 0 amide bonds. The highest BCUT2D eigenvalue weighted by atomic mass is 32.2. The number of hydrogen-bond acceptors (Lipinski definition) is 10. The Morgan fingerprint density at radius 1 is 0.620 bits per heavy atom. The minimum Gasteiger partial charge on any atom is -0.469 e. The number of sulfonamides is 2. The Kier molecular flexibility index (Phi) is 15.8. The topological polar surface area (TPSA) is 171 Å². The number of carbonyl (C=O) groups is 3. The van der Waals surface area contributed by atoms with Gasteiger partial charge in [-0.3, -0.25) is 23.8 Å². The van der Waals surface area contributed by atoms with Crippen molar-refractivity contribution in [2.24, 2.45) is 46.3 Å². The monoisotopic (exact) mass is 1010 g/mol. The first-order chi connectivity index (χ1) is 33.8. The molecule has 4 aromatic rings. The number of fused-ring (bicyclic) bond motifs is 5. The molecular formula is C57H72N2O10S2. The molecule has 382 valence electrons. The Morgan fingerprint density at radius 2 is 1.14 bits per heavy atom. The van der Waals surface area contributed by atoms with Crippen LogP contribution in [0.15, 0.2) is 107 Å². The van der Waals surface area contributed by atoms with E-state index in [1.54, 1.807) is 72.8 Å². The summed E-state index contributed by atoms with van der Waals surface area (Å²) in [5.41, 5.74) is 4.40. The minimum atomic E-state index is -3.75. The largest absolute Gasteiger partial charge is 0.469 e. The number of aryl methyl sites for hydroxylation is 4. The number of nitrogens with one attached hydrogen (secondary N) is 2. The summed E-state index contributed by atoms with van der Waals surface area (Å²) >= 11 is 0. The van der Waals surface area contributed by atoms with Gasteiger partial charge in [0.05, 0.1) is 16.9 Å². The summed E-state index contributed by atoms with van der Waals surface area (Å²) < 4.78 is 75.0. The highest BCUT2D eigenvalue weighted by Gasteiger charge is 2.65. The van der Waals surface area contributed by atoms with E-state index in [1.165, 1.54) is 7.11 Å². The lowest BCUT2D eigenvalue weighted by atomic mass is 9.43. The van der Waals surface area contributed by atoms with E-state index in [0.29, 0.717) is 54.3 Å². The van der Waals surface area contributed by atoms with Crippen LogP contribution >= 0.6 is 0 Å². The van der Waals surface area contributed by atoms with Crippen molar-refractivity contribution in [2.45, 2.75) is 147 Å². The standard InChI is InChI=1S/C57H72N2O10S2/c1-37-7-23-46(24-8-37)70(63,64)58-43-19-12-40(13-20-43)16-31-54(61)68-45-33-34-56(4)42(35-45)18-27-48-50-29-28-49(39(3)11-30-53(60)67-6)57(50,5)52(36-51(48)56)69-55(62)32-17-41-14-21-44(22-15-41)59-71(65,66)47-25-9-38(2)10-26-47/h7-10,12-15,19-26,39,42,45,48-52,58-59H,11,16-18,27-36H2,1-6H3/t39-,42-,45-,48+,49-,50+,51+,52+,56+,57-/m1/s1. The maximum absolute atomic E-state index is 14.1. The highest BCUT2D eigenvalue weighted by molar-refractivity contribution is 7.93. The maximum Gasteiger partial charge on any atom is 0.306 e. The van der Waals surface area contributed by atoms with Crippen molar-refractivity contribution in [1.82, 2.24) is 0 Å². The smallest absolute Gasteiger partial charge is 0.306 e. The fraction of sp³-hybridized carbons (Fsp3) is 0.526. The summed E-state index contributed by atoms with van der Waals surface area (Å²) in [5, 5.41) is 0. The van der Waals surface area contributed by atoms with Crippen molar-refractivity contribution < 1.29 is 45.4 Å². The number of hydrogen-bond donors (Lipinski definition) is 2. The molecule has 4 aliphatic rings. The molecule has 4 aliphatic carbocycles. The average molecular weight is 1010 g/mol. The molecule has 4 saturated carbocycles. The lowest BCUT2D eigenvalue weighted by Crippen LogP contribution is -2.59. The first-order valence-electron chi connectivity index (χ1n) is 25.6. The molecule has 0 aromatic heterocycles. The van der Waals surface area contributed by atoms with E-state index in [4.69, 9.17) is 14.2 Å². The van der Waals surface area contributed by atoms with Crippen LogP contribution in [0.3, 0.4) is 0 Å². The molecule has 0 spiro atoms. The van der Waals surface area contributed by atoms with Gasteiger partial charge in [0.15, 0.2) is 0 Å². The Balaban J connectivity index is 0.891. The van der Waals surface area contributed by atoms with Gasteiger partial charge in [0.2, 0.25) is 0 Å². The van der Waals surface area contributed by atoms with Crippen molar-refractivity contribution in [3.05, 3.63) is 119 Å². The van der Waals surface area contributed by atoms with Gasteiger partial charge in [-0.05, 0) is 185 Å². The number of rotatable bonds is 18. The Bertz CT molecular complexity index is 2750. The van der Waals surface area contributed by atoms with Crippen molar-refractivity contribution in [1.29, 1.82) is 0 Å². The van der Waals surface area contributed by atoms with E-state index in [0.717, 1.165) is 80.0 Å². The molecule has 0 saturated heterocycles.